The van der Waals surface area contributed by atoms with Crippen LogP contribution in [0, 0.1) is 0 Å². The third-order valence-corrected chi connectivity index (χ3v) is 2.13. The van der Waals surface area contributed by atoms with E-state index in [2.05, 4.69) is 27.0 Å². The van der Waals surface area contributed by atoms with Crippen LogP contribution in [-0.4, -0.2) is 5.60 Å². The van der Waals surface area contributed by atoms with Crippen LogP contribution in [0.15, 0.2) is 36.6 Å². The fourth-order valence-corrected chi connectivity index (χ4v) is 1.35. The van der Waals surface area contributed by atoms with E-state index in [0.29, 0.717) is 0 Å². The number of allylic oxidation sites excluding steroid dienone is 3. The number of rotatable bonds is 2. The summed E-state index contributed by atoms with van der Waals surface area (Å²) in [5.41, 5.74) is 1.13. The Labute approximate surface area is 88.2 Å². The fraction of sp³-hybridized carbons (Fsp3) is 0.538. The van der Waals surface area contributed by atoms with E-state index in [-0.39, 0.29) is 5.60 Å². The lowest BCUT2D eigenvalue weighted by molar-refractivity contribution is 0.0212. The standard InChI is InChI=1S/C11H16O.C2H6/c1-5-9-7-8-11(3,4)12-10(9)6-2;1-2/h5-6H,1-2,7-8H2,3-4H3;1-2H3. The molecule has 1 nitrogen and oxygen atoms in total. The van der Waals surface area contributed by atoms with Crippen molar-refractivity contribution in [3.05, 3.63) is 36.6 Å². The molecule has 0 saturated carbocycles. The molecule has 0 aromatic rings. The first-order chi connectivity index (χ1) is 6.59. The monoisotopic (exact) mass is 194 g/mol. The van der Waals surface area contributed by atoms with Crippen LogP contribution in [0.4, 0.5) is 0 Å². The summed E-state index contributed by atoms with van der Waals surface area (Å²) >= 11 is 0. The smallest absolute Gasteiger partial charge is 0.122 e. The van der Waals surface area contributed by atoms with E-state index in [0.717, 1.165) is 18.6 Å². The van der Waals surface area contributed by atoms with E-state index >= 15 is 0 Å². The normalized spacial score (nSPS) is 18.9. The van der Waals surface area contributed by atoms with E-state index in [9.17, 15) is 0 Å². The van der Waals surface area contributed by atoms with E-state index < -0.39 is 0 Å². The molecule has 0 aromatic carbocycles. The Balaban J connectivity index is 0.000000791. The number of hydrogen-bond donors (Lipinski definition) is 0. The zero-order chi connectivity index (χ0) is 11.2. The second-order valence-electron chi connectivity index (χ2n) is 3.66. The maximum absolute atomic E-state index is 5.72. The van der Waals surface area contributed by atoms with Gasteiger partial charge in [0.1, 0.15) is 11.4 Å². The molecule has 0 fully saturated rings. The van der Waals surface area contributed by atoms with Gasteiger partial charge in [-0.15, -0.1) is 0 Å². The highest BCUT2D eigenvalue weighted by Crippen LogP contribution is 2.31. The average molecular weight is 194 g/mol. The molecule has 0 unspecified atom stereocenters. The van der Waals surface area contributed by atoms with Crippen LogP contribution in [0.1, 0.15) is 40.5 Å². The molecule has 1 aliphatic rings. The molecule has 0 aliphatic carbocycles. The topological polar surface area (TPSA) is 9.23 Å². The summed E-state index contributed by atoms with van der Waals surface area (Å²) in [4.78, 5) is 0. The van der Waals surface area contributed by atoms with Crippen LogP contribution < -0.4 is 0 Å². The van der Waals surface area contributed by atoms with Gasteiger partial charge in [-0.05, 0) is 38.3 Å². The summed E-state index contributed by atoms with van der Waals surface area (Å²) < 4.78 is 5.72. The van der Waals surface area contributed by atoms with Crippen molar-refractivity contribution in [2.75, 3.05) is 0 Å². The maximum Gasteiger partial charge on any atom is 0.122 e. The van der Waals surface area contributed by atoms with Crippen molar-refractivity contribution in [2.24, 2.45) is 0 Å². The molecule has 1 rings (SSSR count). The van der Waals surface area contributed by atoms with Gasteiger partial charge in [0.05, 0.1) is 0 Å². The molecule has 0 N–H and O–H groups in total. The highest BCUT2D eigenvalue weighted by molar-refractivity contribution is 5.29. The van der Waals surface area contributed by atoms with Gasteiger partial charge < -0.3 is 4.74 Å². The van der Waals surface area contributed by atoms with E-state index in [1.54, 1.807) is 6.08 Å². The summed E-state index contributed by atoms with van der Waals surface area (Å²) in [6.07, 6.45) is 5.70. The van der Waals surface area contributed by atoms with Gasteiger partial charge >= 0.3 is 0 Å². The summed E-state index contributed by atoms with van der Waals surface area (Å²) in [5, 5.41) is 0. The zero-order valence-corrected chi connectivity index (χ0v) is 9.89. The molecule has 1 aliphatic heterocycles. The Kier molecular flexibility index (Phi) is 5.29. The van der Waals surface area contributed by atoms with Crippen molar-refractivity contribution >= 4 is 0 Å². The minimum atomic E-state index is -0.0456. The largest absolute Gasteiger partial charge is 0.488 e. The Morgan fingerprint density at radius 2 is 1.79 bits per heavy atom. The van der Waals surface area contributed by atoms with Gasteiger partial charge in [0.25, 0.3) is 0 Å². The Hall–Kier alpha value is -0.980. The van der Waals surface area contributed by atoms with Gasteiger partial charge in [-0.3, -0.25) is 0 Å². The Morgan fingerprint density at radius 3 is 2.21 bits per heavy atom. The van der Waals surface area contributed by atoms with Crippen molar-refractivity contribution in [1.82, 2.24) is 0 Å². The predicted octanol–water partition coefficient (Wildman–Crippen LogP) is 4.23. The number of ether oxygens (including phenoxy) is 1. The van der Waals surface area contributed by atoms with Crippen LogP contribution in [-0.2, 0) is 4.74 Å². The van der Waals surface area contributed by atoms with Crippen molar-refractivity contribution in [3.63, 3.8) is 0 Å². The van der Waals surface area contributed by atoms with Gasteiger partial charge in [-0.1, -0.05) is 33.1 Å². The lowest BCUT2D eigenvalue weighted by atomic mass is 9.94. The van der Waals surface area contributed by atoms with Crippen molar-refractivity contribution < 1.29 is 4.74 Å². The first kappa shape index (κ1) is 13.0. The Bertz CT molecular complexity index is 234. The van der Waals surface area contributed by atoms with E-state index in [1.807, 2.05) is 19.9 Å². The Morgan fingerprint density at radius 1 is 1.21 bits per heavy atom. The molecule has 0 spiro atoms. The van der Waals surface area contributed by atoms with E-state index in [4.69, 9.17) is 4.74 Å². The minimum Gasteiger partial charge on any atom is -0.488 e. The molecule has 0 saturated heterocycles. The summed E-state index contributed by atoms with van der Waals surface area (Å²) in [5.74, 6) is 0.890. The van der Waals surface area contributed by atoms with Crippen LogP contribution in [0.3, 0.4) is 0 Å². The van der Waals surface area contributed by atoms with Gasteiger partial charge in [0.15, 0.2) is 0 Å². The summed E-state index contributed by atoms with van der Waals surface area (Å²) in [7, 11) is 0. The second kappa shape index (κ2) is 5.69. The molecular weight excluding hydrogens is 172 g/mol. The van der Waals surface area contributed by atoms with Crippen LogP contribution in [0.2, 0.25) is 0 Å². The number of hydrogen-bond acceptors (Lipinski definition) is 1. The van der Waals surface area contributed by atoms with Gasteiger partial charge in [0.2, 0.25) is 0 Å². The molecule has 0 aromatic heterocycles. The molecule has 0 atom stereocenters. The predicted molar refractivity (Wildman–Crippen MR) is 63.2 cm³/mol. The van der Waals surface area contributed by atoms with E-state index in [1.165, 1.54) is 5.57 Å². The molecular formula is C13H22O. The molecule has 14 heavy (non-hydrogen) atoms. The lowest BCUT2D eigenvalue weighted by Gasteiger charge is -2.32. The lowest BCUT2D eigenvalue weighted by Crippen LogP contribution is -2.27. The van der Waals surface area contributed by atoms with Gasteiger partial charge in [-0.25, -0.2) is 0 Å². The van der Waals surface area contributed by atoms with Crippen molar-refractivity contribution in [2.45, 2.75) is 46.1 Å². The molecule has 0 bridgehead atoms. The molecule has 0 amide bonds. The van der Waals surface area contributed by atoms with Crippen molar-refractivity contribution in [1.29, 1.82) is 0 Å². The molecule has 80 valence electrons. The summed E-state index contributed by atoms with van der Waals surface area (Å²) in [6, 6.07) is 0. The first-order valence-electron chi connectivity index (χ1n) is 5.26. The fourth-order valence-electron chi connectivity index (χ4n) is 1.35. The first-order valence-corrected chi connectivity index (χ1v) is 5.26. The van der Waals surface area contributed by atoms with Crippen molar-refractivity contribution in [3.8, 4) is 0 Å². The SMILES string of the molecule is C=CC1=C(C=C)OC(C)(C)CC1.CC. The average Bonchev–Trinajstić information content (AvgIpc) is 2.19. The second-order valence-corrected chi connectivity index (χ2v) is 3.66. The quantitative estimate of drug-likeness (QED) is 0.639. The molecule has 0 radical (unpaired) electrons. The summed E-state index contributed by atoms with van der Waals surface area (Å²) in [6.45, 7) is 15.6. The van der Waals surface area contributed by atoms with Crippen LogP contribution >= 0.6 is 0 Å². The third kappa shape index (κ3) is 3.41. The third-order valence-electron chi connectivity index (χ3n) is 2.13. The molecule has 1 heteroatoms. The van der Waals surface area contributed by atoms with Crippen LogP contribution in [0.5, 0.6) is 0 Å². The minimum absolute atomic E-state index is 0.0456. The van der Waals surface area contributed by atoms with Gasteiger partial charge in [0, 0.05) is 0 Å². The van der Waals surface area contributed by atoms with Crippen LogP contribution in [0.25, 0.3) is 0 Å². The van der Waals surface area contributed by atoms with Gasteiger partial charge in [-0.2, -0.15) is 0 Å². The molecule has 1 heterocycles. The zero-order valence-electron chi connectivity index (χ0n) is 9.89. The maximum atomic E-state index is 5.72. The highest BCUT2D eigenvalue weighted by Gasteiger charge is 2.25. The highest BCUT2D eigenvalue weighted by atomic mass is 16.5.